The molecule has 29 heavy (non-hydrogen) atoms. The Morgan fingerprint density at radius 3 is 2.55 bits per heavy atom. The second-order valence-electron chi connectivity index (χ2n) is 5.99. The largest absolute Gasteiger partial charge is 0.490 e. The molecule has 0 aliphatic carbocycles. The summed E-state index contributed by atoms with van der Waals surface area (Å²) in [5.41, 5.74) is 3.76. The third kappa shape index (κ3) is 7.12. The van der Waals surface area contributed by atoms with Crippen molar-refractivity contribution in [1.82, 2.24) is 10.7 Å². The molecule has 8 heteroatoms. The van der Waals surface area contributed by atoms with Crippen LogP contribution in [0.3, 0.4) is 0 Å². The van der Waals surface area contributed by atoms with Gasteiger partial charge in [-0.3, -0.25) is 9.59 Å². The van der Waals surface area contributed by atoms with Crippen LogP contribution < -0.4 is 20.2 Å². The van der Waals surface area contributed by atoms with Crippen molar-refractivity contribution in [3.05, 3.63) is 58.6 Å². The fraction of sp³-hybridized carbons (Fsp3) is 0.286. The number of nitrogens with one attached hydrogen (secondary N) is 2. The molecule has 0 aliphatic heterocycles. The molecule has 0 saturated heterocycles. The van der Waals surface area contributed by atoms with Crippen molar-refractivity contribution in [1.29, 1.82) is 0 Å². The minimum absolute atomic E-state index is 0.344. The lowest BCUT2D eigenvalue weighted by molar-refractivity contribution is -0.139. The minimum atomic E-state index is -0.839. The van der Waals surface area contributed by atoms with E-state index in [0.717, 1.165) is 12.0 Å². The highest BCUT2D eigenvalue weighted by molar-refractivity contribution is 6.35. The molecule has 0 atom stereocenters. The summed E-state index contributed by atoms with van der Waals surface area (Å²) in [6, 6.07) is 13.0. The number of carbonyl (C=O) groups is 2. The number of nitrogens with zero attached hydrogens (tertiary/aromatic N) is 1. The van der Waals surface area contributed by atoms with Crippen LogP contribution in [-0.2, 0) is 16.2 Å². The predicted octanol–water partition coefficient (Wildman–Crippen LogP) is 3.29. The molecule has 0 bridgehead atoms. The monoisotopic (exact) mass is 417 g/mol. The van der Waals surface area contributed by atoms with Gasteiger partial charge in [-0.05, 0) is 36.6 Å². The molecule has 0 heterocycles. The zero-order valence-electron chi connectivity index (χ0n) is 16.4. The summed E-state index contributed by atoms with van der Waals surface area (Å²) < 4.78 is 11.5. The lowest BCUT2D eigenvalue weighted by Crippen LogP contribution is -2.38. The standard InChI is InChI=1S/C21H24ClN3O4/c1-3-10-23-20(26)21(27)25-24-13-16-11-17(22)19(18(12-16)28-4-2)29-14-15-8-6-5-7-9-15/h5-9,11-13H,3-4,10,14H2,1-2H3,(H,23,26)(H,25,27)/b24-13-. The third-order valence-corrected chi connectivity index (χ3v) is 3.96. The van der Waals surface area contributed by atoms with Gasteiger partial charge in [-0.1, -0.05) is 48.9 Å². The zero-order chi connectivity index (χ0) is 21.1. The molecule has 2 aromatic rings. The van der Waals surface area contributed by atoms with Gasteiger partial charge in [-0.2, -0.15) is 5.10 Å². The van der Waals surface area contributed by atoms with Crippen LogP contribution in [0, 0.1) is 0 Å². The number of amides is 2. The number of hydrogen-bond acceptors (Lipinski definition) is 5. The maximum atomic E-state index is 11.6. The molecule has 7 nitrogen and oxygen atoms in total. The first kappa shape index (κ1) is 22.2. The molecule has 0 spiro atoms. The van der Waals surface area contributed by atoms with Crippen molar-refractivity contribution in [3.8, 4) is 11.5 Å². The Morgan fingerprint density at radius 2 is 1.86 bits per heavy atom. The van der Waals surface area contributed by atoms with Crippen LogP contribution >= 0.6 is 11.6 Å². The van der Waals surface area contributed by atoms with Gasteiger partial charge in [0, 0.05) is 6.54 Å². The van der Waals surface area contributed by atoms with E-state index in [2.05, 4.69) is 15.8 Å². The summed E-state index contributed by atoms with van der Waals surface area (Å²) in [7, 11) is 0. The molecule has 0 saturated carbocycles. The summed E-state index contributed by atoms with van der Waals surface area (Å²) in [6.07, 6.45) is 2.11. The molecule has 0 aromatic heterocycles. The highest BCUT2D eigenvalue weighted by Crippen LogP contribution is 2.36. The first-order chi connectivity index (χ1) is 14.0. The van der Waals surface area contributed by atoms with Gasteiger partial charge in [0.15, 0.2) is 11.5 Å². The smallest absolute Gasteiger partial charge is 0.329 e. The van der Waals surface area contributed by atoms with Crippen LogP contribution in [0.15, 0.2) is 47.6 Å². The molecule has 154 valence electrons. The Kier molecular flexibility index (Phi) is 8.98. The van der Waals surface area contributed by atoms with E-state index in [-0.39, 0.29) is 0 Å². The molecule has 2 rings (SSSR count). The molecule has 0 fully saturated rings. The number of rotatable bonds is 9. The van der Waals surface area contributed by atoms with Crippen LogP contribution in [0.4, 0.5) is 0 Å². The van der Waals surface area contributed by atoms with Gasteiger partial charge < -0.3 is 14.8 Å². The first-order valence-corrected chi connectivity index (χ1v) is 9.67. The van der Waals surface area contributed by atoms with Gasteiger partial charge in [0.25, 0.3) is 0 Å². The molecular formula is C21H24ClN3O4. The molecule has 2 amide bonds. The van der Waals surface area contributed by atoms with E-state index in [1.165, 1.54) is 6.21 Å². The predicted molar refractivity (Wildman–Crippen MR) is 112 cm³/mol. The molecule has 0 unspecified atom stereocenters. The van der Waals surface area contributed by atoms with Crippen molar-refractivity contribution < 1.29 is 19.1 Å². The topological polar surface area (TPSA) is 89.0 Å². The van der Waals surface area contributed by atoms with Crippen LogP contribution in [-0.4, -0.2) is 31.2 Å². The Hall–Kier alpha value is -3.06. The number of hydrogen-bond donors (Lipinski definition) is 2. The summed E-state index contributed by atoms with van der Waals surface area (Å²) >= 11 is 6.37. The Balaban J connectivity index is 2.07. The second kappa shape index (κ2) is 11.7. The van der Waals surface area contributed by atoms with Gasteiger partial charge >= 0.3 is 11.8 Å². The van der Waals surface area contributed by atoms with Gasteiger partial charge in [0.1, 0.15) is 6.61 Å². The summed E-state index contributed by atoms with van der Waals surface area (Å²) in [5, 5.41) is 6.61. The second-order valence-corrected chi connectivity index (χ2v) is 6.40. The van der Waals surface area contributed by atoms with E-state index in [1.807, 2.05) is 44.2 Å². The van der Waals surface area contributed by atoms with E-state index in [4.69, 9.17) is 21.1 Å². The summed E-state index contributed by atoms with van der Waals surface area (Å²) in [5.74, 6) is -0.683. The first-order valence-electron chi connectivity index (χ1n) is 9.29. The molecule has 0 aliphatic rings. The van der Waals surface area contributed by atoms with E-state index in [1.54, 1.807) is 12.1 Å². The highest BCUT2D eigenvalue weighted by atomic mass is 35.5. The Labute approximate surface area is 175 Å². The van der Waals surface area contributed by atoms with E-state index < -0.39 is 11.8 Å². The summed E-state index contributed by atoms with van der Waals surface area (Å²) in [6.45, 7) is 4.94. The number of halogens is 1. The molecular weight excluding hydrogens is 394 g/mol. The van der Waals surface area contributed by atoms with Gasteiger partial charge in [0.2, 0.25) is 0 Å². The van der Waals surface area contributed by atoms with Crippen LogP contribution in [0.2, 0.25) is 5.02 Å². The maximum Gasteiger partial charge on any atom is 0.329 e. The third-order valence-electron chi connectivity index (χ3n) is 3.68. The molecule has 2 N–H and O–H groups in total. The zero-order valence-corrected chi connectivity index (χ0v) is 17.2. The van der Waals surface area contributed by atoms with Crippen LogP contribution in [0.25, 0.3) is 0 Å². The number of benzene rings is 2. The average molecular weight is 418 g/mol. The number of ether oxygens (including phenoxy) is 2. The summed E-state index contributed by atoms with van der Waals surface area (Å²) in [4.78, 5) is 23.2. The van der Waals surface area contributed by atoms with Crippen LogP contribution in [0.5, 0.6) is 11.5 Å². The van der Waals surface area contributed by atoms with Gasteiger partial charge in [-0.15, -0.1) is 0 Å². The van der Waals surface area contributed by atoms with Crippen molar-refractivity contribution >= 4 is 29.6 Å². The Bertz CT molecular complexity index is 857. The maximum absolute atomic E-state index is 11.6. The lowest BCUT2D eigenvalue weighted by Gasteiger charge is -2.14. The SMILES string of the molecule is CCCNC(=O)C(=O)N/N=C\c1cc(Cl)c(OCc2ccccc2)c(OCC)c1. The van der Waals surface area contributed by atoms with E-state index in [0.29, 0.717) is 41.8 Å². The van der Waals surface area contributed by atoms with E-state index >= 15 is 0 Å². The number of carbonyl (C=O) groups excluding carboxylic acids is 2. The molecule has 0 radical (unpaired) electrons. The quantitative estimate of drug-likeness (QED) is 0.372. The van der Waals surface area contributed by atoms with Crippen molar-refractivity contribution in [2.75, 3.05) is 13.2 Å². The minimum Gasteiger partial charge on any atom is -0.490 e. The van der Waals surface area contributed by atoms with Crippen molar-refractivity contribution in [2.24, 2.45) is 5.10 Å². The lowest BCUT2D eigenvalue weighted by atomic mass is 10.2. The normalized spacial score (nSPS) is 10.6. The average Bonchev–Trinajstić information content (AvgIpc) is 2.72. The fourth-order valence-corrected chi connectivity index (χ4v) is 2.60. The van der Waals surface area contributed by atoms with Crippen molar-refractivity contribution in [3.63, 3.8) is 0 Å². The van der Waals surface area contributed by atoms with Gasteiger partial charge in [0.05, 0.1) is 17.8 Å². The Morgan fingerprint density at radius 1 is 1.10 bits per heavy atom. The molecule has 2 aromatic carbocycles. The highest BCUT2D eigenvalue weighted by Gasteiger charge is 2.13. The number of hydrazone groups is 1. The van der Waals surface area contributed by atoms with Crippen molar-refractivity contribution in [2.45, 2.75) is 26.9 Å². The van der Waals surface area contributed by atoms with Gasteiger partial charge in [-0.25, -0.2) is 5.43 Å². The van der Waals surface area contributed by atoms with Crippen LogP contribution in [0.1, 0.15) is 31.4 Å². The van der Waals surface area contributed by atoms with E-state index in [9.17, 15) is 9.59 Å². The fourth-order valence-electron chi connectivity index (χ4n) is 2.33.